The van der Waals surface area contributed by atoms with E-state index in [1.807, 2.05) is 52.0 Å². The van der Waals surface area contributed by atoms with Crippen molar-refractivity contribution >= 4 is 40.8 Å². The lowest BCUT2D eigenvalue weighted by Crippen LogP contribution is -2.53. The number of fused-ring (bicyclic) bond motifs is 1. The molecule has 0 saturated carbocycles. The van der Waals surface area contributed by atoms with Crippen LogP contribution in [-0.2, 0) is 22.4 Å². The third-order valence-corrected chi connectivity index (χ3v) is 11.2. The first kappa shape index (κ1) is 33.6. The molecule has 4 aliphatic rings. The summed E-state index contributed by atoms with van der Waals surface area (Å²) in [6.07, 6.45) is 4.77. The van der Waals surface area contributed by atoms with Gasteiger partial charge in [-0.15, -0.1) is 0 Å². The van der Waals surface area contributed by atoms with Gasteiger partial charge < -0.3 is 30.7 Å². The van der Waals surface area contributed by atoms with E-state index in [0.29, 0.717) is 42.8 Å². The number of carbonyl (C=O) groups excluding carboxylic acids is 3. The third kappa shape index (κ3) is 7.87. The number of aryl methyl sites for hydroxylation is 1. The molecule has 0 bridgehead atoms. The van der Waals surface area contributed by atoms with Gasteiger partial charge in [-0.25, -0.2) is 4.79 Å². The molecule has 0 radical (unpaired) electrons. The fourth-order valence-electron chi connectivity index (χ4n) is 7.88. The summed E-state index contributed by atoms with van der Waals surface area (Å²) in [7, 11) is 2.17. The van der Waals surface area contributed by atoms with E-state index in [1.54, 1.807) is 0 Å². The summed E-state index contributed by atoms with van der Waals surface area (Å²) in [6.45, 7) is 9.50. The Morgan fingerprint density at radius 3 is 2.28 bits per heavy atom. The molecule has 0 aromatic heterocycles. The number of nitrogen functional groups attached to an aromatic ring is 1. The van der Waals surface area contributed by atoms with E-state index in [0.717, 1.165) is 93.8 Å². The van der Waals surface area contributed by atoms with E-state index in [4.69, 9.17) is 17.3 Å². The number of nitrogens with one attached hydrogen (secondary N) is 1. The van der Waals surface area contributed by atoms with Gasteiger partial charge in [-0.05, 0) is 81.3 Å². The topological polar surface area (TPSA) is 105 Å². The first-order chi connectivity index (χ1) is 22.7. The summed E-state index contributed by atoms with van der Waals surface area (Å²) in [5, 5.41) is 3.55. The number of urea groups is 1. The molecule has 11 heteroatoms. The Morgan fingerprint density at radius 2 is 1.57 bits per heavy atom. The van der Waals surface area contributed by atoms with Crippen molar-refractivity contribution in [3.8, 4) is 0 Å². The second kappa shape index (κ2) is 14.8. The highest BCUT2D eigenvalue weighted by Gasteiger charge is 2.35. The van der Waals surface area contributed by atoms with Gasteiger partial charge in [0.2, 0.25) is 11.8 Å². The molecule has 10 nitrogen and oxygen atoms in total. The van der Waals surface area contributed by atoms with Gasteiger partial charge in [-0.3, -0.25) is 14.5 Å². The average Bonchev–Trinajstić information content (AvgIpc) is 3.25. The minimum Gasteiger partial charge on any atom is -0.397 e. The summed E-state index contributed by atoms with van der Waals surface area (Å²) in [4.78, 5) is 51.8. The first-order valence-electron chi connectivity index (χ1n) is 17.4. The second-order valence-electron chi connectivity index (χ2n) is 14.0. The van der Waals surface area contributed by atoms with Crippen LogP contribution in [0.5, 0.6) is 0 Å². The van der Waals surface area contributed by atoms with Crippen molar-refractivity contribution in [3.05, 3.63) is 58.1 Å². The van der Waals surface area contributed by atoms with Crippen LogP contribution in [0.1, 0.15) is 48.8 Å². The average molecular weight is 664 g/mol. The normalized spacial score (nSPS) is 21.3. The lowest BCUT2D eigenvalue weighted by Gasteiger charge is -2.42. The van der Waals surface area contributed by atoms with E-state index < -0.39 is 5.92 Å². The van der Waals surface area contributed by atoms with Gasteiger partial charge in [-0.2, -0.15) is 0 Å². The van der Waals surface area contributed by atoms with Crippen LogP contribution in [-0.4, -0.2) is 120 Å². The number of rotatable bonds is 7. The molecule has 0 unspecified atom stereocenters. The summed E-state index contributed by atoms with van der Waals surface area (Å²) in [5.74, 6) is -0.425. The molecule has 1 atom stereocenters. The van der Waals surface area contributed by atoms with Gasteiger partial charge in [0.05, 0.1) is 16.6 Å². The molecule has 2 aromatic rings. The highest BCUT2D eigenvalue weighted by molar-refractivity contribution is 6.33. The highest BCUT2D eigenvalue weighted by Crippen LogP contribution is 2.29. The number of likely N-dealkylation sites (tertiary alicyclic amines) is 2. The van der Waals surface area contributed by atoms with Crippen LogP contribution in [0, 0.1) is 12.8 Å². The lowest BCUT2D eigenvalue weighted by atomic mass is 9.91. The van der Waals surface area contributed by atoms with Crippen LogP contribution in [0.15, 0.2) is 36.4 Å². The predicted octanol–water partition coefficient (Wildman–Crippen LogP) is 4.10. The largest absolute Gasteiger partial charge is 0.397 e. The van der Waals surface area contributed by atoms with E-state index in [1.165, 1.54) is 0 Å². The Balaban J connectivity index is 1.08. The molecule has 4 heterocycles. The molecule has 3 N–H and O–H groups in total. The molecule has 6 rings (SSSR count). The Bertz CT molecular complexity index is 1420. The quantitative estimate of drug-likeness (QED) is 0.433. The van der Waals surface area contributed by atoms with Crippen LogP contribution in [0.25, 0.3) is 0 Å². The van der Waals surface area contributed by atoms with Crippen LogP contribution in [0.2, 0.25) is 5.02 Å². The van der Waals surface area contributed by atoms with Gasteiger partial charge in [0.25, 0.3) is 0 Å². The SMILES string of the molecule is Cc1cc(C[C@@H](CC(=O)N2CCC(N3CCc4ccccc4NC3=O)CC2)C(=O)N2CCC(N3CCN(C)CC3)CC2)cc(Cl)c1N. The maximum Gasteiger partial charge on any atom is 0.322 e. The zero-order chi connectivity index (χ0) is 33.1. The predicted molar refractivity (Wildman–Crippen MR) is 187 cm³/mol. The number of halogens is 1. The van der Waals surface area contributed by atoms with Crippen molar-refractivity contribution in [1.82, 2.24) is 24.5 Å². The number of para-hydroxylation sites is 1. The van der Waals surface area contributed by atoms with Gasteiger partial charge in [0, 0.05) is 83.1 Å². The molecule has 47 heavy (non-hydrogen) atoms. The van der Waals surface area contributed by atoms with Gasteiger partial charge in [0.1, 0.15) is 0 Å². The minimum atomic E-state index is -0.477. The monoisotopic (exact) mass is 663 g/mol. The molecule has 2 aromatic carbocycles. The standard InChI is InChI=1S/C36H50ClN7O3/c1-25-21-26(23-31(37)34(25)38)22-28(35(46)43-14-8-29(9-15-43)41-19-17-40(2)18-20-41)24-33(45)42-12-10-30(11-13-42)44-16-7-27-5-3-4-6-32(27)39-36(44)47/h3-6,21,23,28-30H,7-20,22,24,38H2,1-2H3,(H,39,47)/t28-/m0/s1. The van der Waals surface area contributed by atoms with Crippen molar-refractivity contribution in [1.29, 1.82) is 0 Å². The Hall–Kier alpha value is -3.34. The number of piperidine rings is 2. The van der Waals surface area contributed by atoms with Crippen molar-refractivity contribution < 1.29 is 14.4 Å². The number of anilines is 2. The molecular weight excluding hydrogens is 614 g/mol. The number of hydrogen-bond acceptors (Lipinski definition) is 6. The van der Waals surface area contributed by atoms with Gasteiger partial charge >= 0.3 is 6.03 Å². The summed E-state index contributed by atoms with van der Waals surface area (Å²) in [6, 6.07) is 12.3. The number of likely N-dealkylation sites (N-methyl/N-ethyl adjacent to an activating group) is 1. The van der Waals surface area contributed by atoms with Gasteiger partial charge in [-0.1, -0.05) is 35.9 Å². The van der Waals surface area contributed by atoms with E-state index in [9.17, 15) is 14.4 Å². The molecule has 3 fully saturated rings. The number of benzene rings is 2. The van der Waals surface area contributed by atoms with E-state index >= 15 is 0 Å². The molecule has 4 aliphatic heterocycles. The Morgan fingerprint density at radius 1 is 0.915 bits per heavy atom. The van der Waals surface area contributed by atoms with E-state index in [-0.39, 0.29) is 30.3 Å². The van der Waals surface area contributed by atoms with Crippen molar-refractivity contribution in [2.24, 2.45) is 5.92 Å². The minimum absolute atomic E-state index is 0.000101. The lowest BCUT2D eigenvalue weighted by molar-refractivity contribution is -0.143. The van der Waals surface area contributed by atoms with Gasteiger partial charge in [0.15, 0.2) is 0 Å². The van der Waals surface area contributed by atoms with Crippen LogP contribution in [0.3, 0.4) is 0 Å². The van der Waals surface area contributed by atoms with Crippen molar-refractivity contribution in [2.45, 2.75) is 64.0 Å². The maximum absolute atomic E-state index is 14.1. The van der Waals surface area contributed by atoms with Crippen molar-refractivity contribution in [2.75, 3.05) is 77.0 Å². The number of carbonyl (C=O) groups is 3. The Kier molecular flexibility index (Phi) is 10.6. The molecule has 0 aliphatic carbocycles. The van der Waals surface area contributed by atoms with Crippen LogP contribution < -0.4 is 11.1 Å². The summed E-state index contributed by atoms with van der Waals surface area (Å²) < 4.78 is 0. The zero-order valence-electron chi connectivity index (χ0n) is 27.9. The van der Waals surface area contributed by atoms with Crippen LogP contribution in [0.4, 0.5) is 16.2 Å². The summed E-state index contributed by atoms with van der Waals surface area (Å²) in [5.41, 5.74) is 10.5. The second-order valence-corrected chi connectivity index (χ2v) is 14.4. The van der Waals surface area contributed by atoms with E-state index in [2.05, 4.69) is 28.2 Å². The fourth-order valence-corrected chi connectivity index (χ4v) is 8.17. The summed E-state index contributed by atoms with van der Waals surface area (Å²) >= 11 is 6.45. The third-order valence-electron chi connectivity index (χ3n) is 10.9. The molecule has 4 amide bonds. The van der Waals surface area contributed by atoms with Crippen molar-refractivity contribution in [3.63, 3.8) is 0 Å². The van der Waals surface area contributed by atoms with Crippen LogP contribution >= 0.6 is 11.6 Å². The number of nitrogens with two attached hydrogens (primary N) is 1. The fraction of sp³-hybridized carbons (Fsp3) is 0.583. The molecular formula is C36H50ClN7O3. The number of hydrogen-bond donors (Lipinski definition) is 2. The Labute approximate surface area is 284 Å². The highest BCUT2D eigenvalue weighted by atomic mass is 35.5. The number of piperazine rings is 1. The molecule has 3 saturated heterocycles. The number of amides is 4. The molecule has 254 valence electrons. The maximum atomic E-state index is 14.1. The first-order valence-corrected chi connectivity index (χ1v) is 17.7. The molecule has 0 spiro atoms. The smallest absolute Gasteiger partial charge is 0.322 e. The zero-order valence-corrected chi connectivity index (χ0v) is 28.7. The number of nitrogens with zero attached hydrogens (tertiary/aromatic N) is 5.